The van der Waals surface area contributed by atoms with Crippen molar-refractivity contribution in [1.29, 1.82) is 0 Å². The number of carboxylic acid groups (broad SMARTS) is 1. The van der Waals surface area contributed by atoms with Gasteiger partial charge in [0.15, 0.2) is 0 Å². The van der Waals surface area contributed by atoms with Crippen LogP contribution >= 0.6 is 0 Å². The highest BCUT2D eigenvalue weighted by molar-refractivity contribution is 6.21. The fourth-order valence-corrected chi connectivity index (χ4v) is 3.21. The van der Waals surface area contributed by atoms with Gasteiger partial charge in [0.2, 0.25) is 0 Å². The number of rotatable bonds is 4. The van der Waals surface area contributed by atoms with E-state index in [0.717, 1.165) is 4.90 Å². The number of benzene rings is 1. The lowest BCUT2D eigenvalue weighted by Crippen LogP contribution is -2.53. The van der Waals surface area contributed by atoms with E-state index in [1.807, 2.05) is 0 Å². The molecule has 0 radical (unpaired) electrons. The van der Waals surface area contributed by atoms with E-state index in [9.17, 15) is 19.2 Å². The first-order valence-corrected chi connectivity index (χ1v) is 7.91. The van der Waals surface area contributed by atoms with Crippen LogP contribution in [0.4, 0.5) is 0 Å². The lowest BCUT2D eigenvalue weighted by atomic mass is 9.86. The van der Waals surface area contributed by atoms with Crippen molar-refractivity contribution in [2.24, 2.45) is 0 Å². The van der Waals surface area contributed by atoms with Crippen LogP contribution in [0.5, 0.6) is 0 Å². The van der Waals surface area contributed by atoms with Gasteiger partial charge >= 0.3 is 5.97 Å². The van der Waals surface area contributed by atoms with Gasteiger partial charge < -0.3 is 15.2 Å². The van der Waals surface area contributed by atoms with Crippen LogP contribution in [-0.4, -0.2) is 59.5 Å². The molecular formula is C17H18N2O6. The standard InChI is InChI=1S/C17H18N2O6/c1-19-15(23)11-3-2-10(8-12(11)16(19)24)14(22)18-17(9-13(20)21)4-6-25-7-5-17/h2-3,8H,4-7,9H2,1H3,(H,18,22)(H,20,21). The summed E-state index contributed by atoms with van der Waals surface area (Å²) in [6.45, 7) is 0.741. The summed E-state index contributed by atoms with van der Waals surface area (Å²) < 4.78 is 5.26. The molecule has 2 aliphatic rings. The molecule has 1 aromatic carbocycles. The number of aliphatic carboxylic acids is 1. The zero-order valence-corrected chi connectivity index (χ0v) is 13.7. The maximum absolute atomic E-state index is 12.6. The van der Waals surface area contributed by atoms with E-state index in [1.54, 1.807) is 0 Å². The zero-order valence-electron chi connectivity index (χ0n) is 13.7. The summed E-state index contributed by atoms with van der Waals surface area (Å²) >= 11 is 0. The molecule has 0 aromatic heterocycles. The van der Waals surface area contributed by atoms with Crippen molar-refractivity contribution < 1.29 is 29.0 Å². The smallest absolute Gasteiger partial charge is 0.305 e. The maximum Gasteiger partial charge on any atom is 0.305 e. The van der Waals surface area contributed by atoms with E-state index in [1.165, 1.54) is 25.2 Å². The summed E-state index contributed by atoms with van der Waals surface area (Å²) in [5.74, 6) is -2.33. The minimum absolute atomic E-state index is 0.180. The molecule has 132 valence electrons. The third-order valence-electron chi connectivity index (χ3n) is 4.67. The van der Waals surface area contributed by atoms with Crippen LogP contribution < -0.4 is 5.32 Å². The Hall–Kier alpha value is -2.74. The van der Waals surface area contributed by atoms with Crippen molar-refractivity contribution in [1.82, 2.24) is 10.2 Å². The Morgan fingerprint density at radius 3 is 2.48 bits per heavy atom. The van der Waals surface area contributed by atoms with E-state index >= 15 is 0 Å². The minimum atomic E-state index is -1.00. The van der Waals surface area contributed by atoms with Crippen LogP contribution in [0, 0.1) is 0 Å². The number of ether oxygens (including phenoxy) is 1. The molecular weight excluding hydrogens is 328 g/mol. The van der Waals surface area contributed by atoms with Gasteiger partial charge in [-0.1, -0.05) is 0 Å². The molecule has 8 heteroatoms. The van der Waals surface area contributed by atoms with Crippen LogP contribution in [0.2, 0.25) is 0 Å². The largest absolute Gasteiger partial charge is 0.481 e. The van der Waals surface area contributed by atoms with Crippen LogP contribution in [0.15, 0.2) is 18.2 Å². The van der Waals surface area contributed by atoms with Gasteiger partial charge in [0, 0.05) is 25.8 Å². The van der Waals surface area contributed by atoms with Crippen molar-refractivity contribution in [3.05, 3.63) is 34.9 Å². The second-order valence-electron chi connectivity index (χ2n) is 6.35. The maximum atomic E-state index is 12.6. The van der Waals surface area contributed by atoms with Crippen LogP contribution in [0.1, 0.15) is 50.3 Å². The Bertz CT molecular complexity index is 766. The molecule has 25 heavy (non-hydrogen) atoms. The second-order valence-corrected chi connectivity index (χ2v) is 6.35. The Labute approximate surface area is 143 Å². The van der Waals surface area contributed by atoms with E-state index in [-0.39, 0.29) is 23.1 Å². The molecule has 0 atom stereocenters. The number of carboxylic acids is 1. The van der Waals surface area contributed by atoms with E-state index in [2.05, 4.69) is 5.32 Å². The Balaban J connectivity index is 1.85. The lowest BCUT2D eigenvalue weighted by molar-refractivity contribution is -0.139. The van der Waals surface area contributed by atoms with Crippen LogP contribution in [0.3, 0.4) is 0 Å². The fraction of sp³-hybridized carbons (Fsp3) is 0.412. The molecule has 1 saturated heterocycles. The van der Waals surface area contributed by atoms with Crippen molar-refractivity contribution in [2.75, 3.05) is 20.3 Å². The molecule has 0 saturated carbocycles. The number of hydrogen-bond acceptors (Lipinski definition) is 5. The zero-order chi connectivity index (χ0) is 18.2. The first-order valence-electron chi connectivity index (χ1n) is 7.91. The van der Waals surface area contributed by atoms with Crippen molar-refractivity contribution >= 4 is 23.7 Å². The number of hydrogen-bond donors (Lipinski definition) is 2. The van der Waals surface area contributed by atoms with Crippen molar-refractivity contribution in [3.63, 3.8) is 0 Å². The summed E-state index contributed by atoms with van der Waals surface area (Å²) in [5, 5.41) is 12.0. The number of nitrogens with one attached hydrogen (secondary N) is 1. The van der Waals surface area contributed by atoms with Gasteiger partial charge in [-0.25, -0.2) is 0 Å². The van der Waals surface area contributed by atoms with E-state index in [4.69, 9.17) is 9.84 Å². The number of imide groups is 1. The van der Waals surface area contributed by atoms with Crippen LogP contribution in [-0.2, 0) is 9.53 Å². The highest BCUT2D eigenvalue weighted by Crippen LogP contribution is 2.27. The molecule has 0 aliphatic carbocycles. The van der Waals surface area contributed by atoms with Gasteiger partial charge in [-0.05, 0) is 31.0 Å². The number of amides is 3. The van der Waals surface area contributed by atoms with Crippen molar-refractivity contribution in [2.45, 2.75) is 24.8 Å². The SMILES string of the molecule is CN1C(=O)c2ccc(C(=O)NC3(CC(=O)O)CCOCC3)cc2C1=O. The Morgan fingerprint density at radius 2 is 1.84 bits per heavy atom. The predicted molar refractivity (Wildman–Crippen MR) is 85.4 cm³/mol. The first kappa shape index (κ1) is 17.1. The van der Waals surface area contributed by atoms with Gasteiger partial charge in [0.05, 0.1) is 23.1 Å². The van der Waals surface area contributed by atoms with Crippen LogP contribution in [0.25, 0.3) is 0 Å². The Morgan fingerprint density at radius 1 is 1.20 bits per heavy atom. The number of carbonyl (C=O) groups is 4. The van der Waals surface area contributed by atoms with Gasteiger partial charge in [0.1, 0.15) is 0 Å². The third kappa shape index (κ3) is 3.12. The number of fused-ring (bicyclic) bond motifs is 1. The normalized spacial score (nSPS) is 18.8. The van der Waals surface area contributed by atoms with Gasteiger partial charge in [0.25, 0.3) is 17.7 Å². The average molecular weight is 346 g/mol. The molecule has 3 rings (SSSR count). The van der Waals surface area contributed by atoms with E-state index in [0.29, 0.717) is 26.1 Å². The minimum Gasteiger partial charge on any atom is -0.481 e. The third-order valence-corrected chi connectivity index (χ3v) is 4.67. The van der Waals surface area contributed by atoms with Crippen molar-refractivity contribution in [3.8, 4) is 0 Å². The van der Waals surface area contributed by atoms with E-state index < -0.39 is 29.2 Å². The molecule has 0 bridgehead atoms. The summed E-state index contributed by atoms with van der Waals surface area (Å²) in [7, 11) is 1.38. The first-order chi connectivity index (χ1) is 11.8. The fourth-order valence-electron chi connectivity index (χ4n) is 3.21. The quantitative estimate of drug-likeness (QED) is 0.775. The molecule has 2 heterocycles. The van der Waals surface area contributed by atoms with Gasteiger partial charge in [-0.2, -0.15) is 0 Å². The molecule has 8 nitrogen and oxygen atoms in total. The monoisotopic (exact) mass is 346 g/mol. The highest BCUT2D eigenvalue weighted by atomic mass is 16.5. The number of carbonyl (C=O) groups excluding carboxylic acids is 3. The molecule has 0 spiro atoms. The second kappa shape index (κ2) is 6.29. The van der Waals surface area contributed by atoms with Gasteiger partial charge in [-0.15, -0.1) is 0 Å². The molecule has 0 unspecified atom stereocenters. The lowest BCUT2D eigenvalue weighted by Gasteiger charge is -2.36. The summed E-state index contributed by atoms with van der Waals surface area (Å²) in [4.78, 5) is 48.8. The summed E-state index contributed by atoms with van der Waals surface area (Å²) in [5.41, 5.74) is -0.224. The average Bonchev–Trinajstić information content (AvgIpc) is 2.79. The Kier molecular flexibility index (Phi) is 4.30. The molecule has 1 fully saturated rings. The topological polar surface area (TPSA) is 113 Å². The summed E-state index contributed by atoms with van der Waals surface area (Å²) in [6, 6.07) is 4.29. The predicted octanol–water partition coefficient (Wildman–Crippen LogP) is 0.666. The summed E-state index contributed by atoms with van der Waals surface area (Å²) in [6.07, 6.45) is 0.597. The van der Waals surface area contributed by atoms with Gasteiger partial charge in [-0.3, -0.25) is 24.1 Å². The highest BCUT2D eigenvalue weighted by Gasteiger charge is 2.38. The molecule has 2 aliphatic heterocycles. The molecule has 3 amide bonds. The number of nitrogens with zero attached hydrogens (tertiary/aromatic N) is 1. The molecule has 2 N–H and O–H groups in total. The molecule has 1 aromatic rings.